The monoisotopic (exact) mass is 444 g/mol. The molecule has 1 unspecified atom stereocenters. The zero-order valence-electron chi connectivity index (χ0n) is 18.8. The van der Waals surface area contributed by atoms with Gasteiger partial charge in [0.25, 0.3) is 5.91 Å². The number of hydrogen-bond acceptors (Lipinski definition) is 4. The number of hydrogen-bond donors (Lipinski definition) is 2. The number of nitrogens with one attached hydrogen (secondary N) is 2. The van der Waals surface area contributed by atoms with E-state index in [9.17, 15) is 9.59 Å². The maximum atomic E-state index is 13.1. The summed E-state index contributed by atoms with van der Waals surface area (Å²) in [5, 5.41) is 6.12. The number of rotatable bonds is 7. The van der Waals surface area contributed by atoms with Gasteiger partial charge < -0.3 is 20.1 Å². The van der Waals surface area contributed by atoms with Crippen molar-refractivity contribution in [1.82, 2.24) is 10.6 Å². The molecule has 170 valence electrons. The van der Waals surface area contributed by atoms with E-state index in [4.69, 9.17) is 9.47 Å². The van der Waals surface area contributed by atoms with Crippen molar-refractivity contribution in [3.8, 4) is 11.5 Å². The maximum Gasteiger partial charge on any atom is 0.251 e. The molecule has 0 saturated carbocycles. The van der Waals surface area contributed by atoms with E-state index in [0.29, 0.717) is 30.3 Å². The second-order valence-corrected chi connectivity index (χ2v) is 8.54. The first-order valence-corrected chi connectivity index (χ1v) is 11.0. The van der Waals surface area contributed by atoms with Crippen LogP contribution >= 0.6 is 0 Å². The average molecular weight is 445 g/mol. The van der Waals surface area contributed by atoms with Crippen LogP contribution in [-0.4, -0.2) is 25.0 Å². The molecule has 1 heterocycles. The van der Waals surface area contributed by atoms with Crippen molar-refractivity contribution in [2.24, 2.45) is 0 Å². The highest BCUT2D eigenvalue weighted by molar-refractivity contribution is 5.94. The Hall–Kier alpha value is -3.80. The topological polar surface area (TPSA) is 76.7 Å². The van der Waals surface area contributed by atoms with E-state index in [1.54, 1.807) is 12.1 Å². The van der Waals surface area contributed by atoms with Gasteiger partial charge in [0.15, 0.2) is 11.5 Å². The Balaban J connectivity index is 1.49. The number of carbonyl (C=O) groups is 2. The molecule has 2 amide bonds. The molecule has 0 aliphatic carbocycles. The summed E-state index contributed by atoms with van der Waals surface area (Å²) < 4.78 is 11.3. The molecule has 6 heteroatoms. The summed E-state index contributed by atoms with van der Waals surface area (Å²) in [6, 6.07) is 23.8. The predicted octanol–water partition coefficient (Wildman–Crippen LogP) is 4.37. The third-order valence-electron chi connectivity index (χ3n) is 5.65. The van der Waals surface area contributed by atoms with Crippen LogP contribution in [0.25, 0.3) is 0 Å². The van der Waals surface area contributed by atoms with Crippen molar-refractivity contribution >= 4 is 11.8 Å². The smallest absolute Gasteiger partial charge is 0.251 e. The Morgan fingerprint density at radius 2 is 1.52 bits per heavy atom. The van der Waals surface area contributed by atoms with Gasteiger partial charge in [-0.3, -0.25) is 9.59 Å². The van der Waals surface area contributed by atoms with E-state index in [2.05, 4.69) is 10.6 Å². The van der Waals surface area contributed by atoms with Crippen molar-refractivity contribution in [3.63, 3.8) is 0 Å². The third-order valence-corrected chi connectivity index (χ3v) is 5.65. The van der Waals surface area contributed by atoms with E-state index in [1.807, 2.05) is 80.6 Å². The number of ether oxygens (including phenoxy) is 2. The summed E-state index contributed by atoms with van der Waals surface area (Å²) in [6.07, 6.45) is 0.108. The summed E-state index contributed by atoms with van der Waals surface area (Å²) in [6.45, 7) is 4.91. The van der Waals surface area contributed by atoms with Gasteiger partial charge in [-0.15, -0.1) is 0 Å². The quantitative estimate of drug-likeness (QED) is 0.567. The minimum Gasteiger partial charge on any atom is -0.486 e. The molecule has 1 atom stereocenters. The molecule has 2 N–H and O–H groups in total. The maximum absolute atomic E-state index is 13.1. The fraction of sp³-hybridized carbons (Fsp3) is 0.259. The molecule has 0 fully saturated rings. The lowest BCUT2D eigenvalue weighted by atomic mass is 9.93. The Bertz CT molecular complexity index is 1110. The first-order valence-electron chi connectivity index (χ1n) is 11.0. The van der Waals surface area contributed by atoms with E-state index < -0.39 is 11.6 Å². The SMILES string of the molecule is CC(C)(NC(=O)CC(NC(=O)c1ccccc1)c1ccccc1)c1ccc2c(c1)OCCO2. The Morgan fingerprint density at radius 1 is 0.879 bits per heavy atom. The number of carbonyl (C=O) groups excluding carboxylic acids is 2. The Morgan fingerprint density at radius 3 is 2.21 bits per heavy atom. The van der Waals surface area contributed by atoms with Gasteiger partial charge in [-0.25, -0.2) is 0 Å². The molecule has 0 saturated heterocycles. The molecule has 0 radical (unpaired) electrons. The summed E-state index contributed by atoms with van der Waals surface area (Å²) in [5.41, 5.74) is 1.69. The molecule has 3 aromatic carbocycles. The van der Waals surface area contributed by atoms with Crippen LogP contribution in [0.4, 0.5) is 0 Å². The molecule has 6 nitrogen and oxygen atoms in total. The normalized spacial score (nSPS) is 13.6. The van der Waals surface area contributed by atoms with Crippen molar-refractivity contribution < 1.29 is 19.1 Å². The third kappa shape index (κ3) is 5.52. The second-order valence-electron chi connectivity index (χ2n) is 8.54. The molecule has 0 bridgehead atoms. The van der Waals surface area contributed by atoms with Crippen LogP contribution in [0.5, 0.6) is 11.5 Å². The zero-order valence-corrected chi connectivity index (χ0v) is 18.8. The van der Waals surface area contributed by atoms with Crippen LogP contribution in [-0.2, 0) is 10.3 Å². The molecule has 3 aromatic rings. The Labute approximate surface area is 193 Å². The average Bonchev–Trinajstić information content (AvgIpc) is 2.84. The van der Waals surface area contributed by atoms with Gasteiger partial charge >= 0.3 is 0 Å². The minimum atomic E-state index is -0.641. The van der Waals surface area contributed by atoms with Crippen LogP contribution in [0.3, 0.4) is 0 Å². The summed E-state index contributed by atoms with van der Waals surface area (Å²) in [7, 11) is 0. The van der Waals surface area contributed by atoms with Crippen LogP contribution in [0.1, 0.15) is 47.8 Å². The first-order chi connectivity index (χ1) is 15.9. The van der Waals surface area contributed by atoms with Crippen LogP contribution in [0.2, 0.25) is 0 Å². The number of benzene rings is 3. The lowest BCUT2D eigenvalue weighted by Crippen LogP contribution is -2.43. The van der Waals surface area contributed by atoms with Gasteiger partial charge in [0.05, 0.1) is 18.0 Å². The van der Waals surface area contributed by atoms with Crippen molar-refractivity contribution in [2.45, 2.75) is 31.8 Å². The molecule has 1 aliphatic rings. The van der Waals surface area contributed by atoms with Gasteiger partial charge in [-0.1, -0.05) is 54.6 Å². The lowest BCUT2D eigenvalue weighted by molar-refractivity contribution is -0.123. The van der Waals surface area contributed by atoms with Crippen molar-refractivity contribution in [2.75, 3.05) is 13.2 Å². The highest BCUT2D eigenvalue weighted by Crippen LogP contribution is 2.34. The standard InChI is InChI=1S/C27H28N2O4/c1-27(2,21-13-14-23-24(17-21)33-16-15-32-23)29-25(30)18-22(19-9-5-3-6-10-19)28-26(31)20-11-7-4-8-12-20/h3-14,17,22H,15-16,18H2,1-2H3,(H,28,31)(H,29,30). The number of fused-ring (bicyclic) bond motifs is 1. The van der Waals surface area contributed by atoms with Gasteiger partial charge in [0.2, 0.25) is 5.91 Å². The fourth-order valence-corrected chi connectivity index (χ4v) is 3.86. The Kier molecular flexibility index (Phi) is 6.63. The summed E-state index contributed by atoms with van der Waals surface area (Å²) >= 11 is 0. The fourth-order valence-electron chi connectivity index (χ4n) is 3.86. The van der Waals surface area contributed by atoms with E-state index in [-0.39, 0.29) is 18.2 Å². The second kappa shape index (κ2) is 9.77. The van der Waals surface area contributed by atoms with Crippen LogP contribution in [0.15, 0.2) is 78.9 Å². The lowest BCUT2D eigenvalue weighted by Gasteiger charge is -2.30. The van der Waals surface area contributed by atoms with Crippen LogP contribution in [0, 0.1) is 0 Å². The van der Waals surface area contributed by atoms with Gasteiger partial charge in [-0.05, 0) is 49.2 Å². The zero-order chi connectivity index (χ0) is 23.3. The number of amides is 2. The van der Waals surface area contributed by atoms with Gasteiger partial charge in [-0.2, -0.15) is 0 Å². The summed E-state index contributed by atoms with van der Waals surface area (Å²) in [5.74, 6) is 0.999. The molecule has 0 aromatic heterocycles. The predicted molar refractivity (Wildman–Crippen MR) is 126 cm³/mol. The first kappa shape index (κ1) is 22.4. The van der Waals surface area contributed by atoms with Gasteiger partial charge in [0, 0.05) is 5.56 Å². The van der Waals surface area contributed by atoms with Crippen molar-refractivity contribution in [3.05, 3.63) is 95.6 Å². The van der Waals surface area contributed by atoms with Crippen molar-refractivity contribution in [1.29, 1.82) is 0 Å². The molecular weight excluding hydrogens is 416 g/mol. The van der Waals surface area contributed by atoms with Gasteiger partial charge in [0.1, 0.15) is 13.2 Å². The largest absolute Gasteiger partial charge is 0.486 e. The summed E-state index contributed by atoms with van der Waals surface area (Å²) in [4.78, 5) is 25.9. The molecule has 4 rings (SSSR count). The minimum absolute atomic E-state index is 0.108. The highest BCUT2D eigenvalue weighted by Gasteiger charge is 2.27. The molecule has 33 heavy (non-hydrogen) atoms. The highest BCUT2D eigenvalue weighted by atomic mass is 16.6. The van der Waals surface area contributed by atoms with Crippen LogP contribution < -0.4 is 20.1 Å². The molecule has 1 aliphatic heterocycles. The van der Waals surface area contributed by atoms with E-state index in [0.717, 1.165) is 11.1 Å². The van der Waals surface area contributed by atoms with E-state index in [1.165, 1.54) is 0 Å². The molecular formula is C27H28N2O4. The molecule has 0 spiro atoms. The van der Waals surface area contributed by atoms with E-state index >= 15 is 0 Å².